The van der Waals surface area contributed by atoms with Gasteiger partial charge in [-0.05, 0) is 6.07 Å². The van der Waals surface area contributed by atoms with Gasteiger partial charge in [0.2, 0.25) is 0 Å². The van der Waals surface area contributed by atoms with E-state index in [0.717, 1.165) is 10.9 Å². The smallest absolute Gasteiger partial charge is 0.116 e. The lowest BCUT2D eigenvalue weighted by atomic mass is 10.2. The van der Waals surface area contributed by atoms with Crippen molar-refractivity contribution in [3.05, 3.63) is 36.8 Å². The molecule has 2 rings (SSSR count). The molecule has 0 saturated carbocycles. The molecule has 0 aliphatic carbocycles. The van der Waals surface area contributed by atoms with Crippen molar-refractivity contribution >= 4 is 10.9 Å². The van der Waals surface area contributed by atoms with E-state index in [1.54, 1.807) is 6.33 Å². The molecule has 2 aromatic rings. The normalized spacial score (nSPS) is 8.11. The van der Waals surface area contributed by atoms with Gasteiger partial charge in [-0.1, -0.05) is 79.0 Å². The predicted molar refractivity (Wildman–Crippen MR) is 87.4 cm³/mol. The molecule has 0 unspecified atom stereocenters. The Balaban J connectivity index is 0. The Kier molecular flexibility index (Phi) is 17.3. The fraction of sp³-hybridized carbons (Fsp3) is 0.529. The summed E-state index contributed by atoms with van der Waals surface area (Å²) in [5.74, 6) is 0. The zero-order valence-corrected chi connectivity index (χ0v) is 13.5. The van der Waals surface area contributed by atoms with Crippen LogP contribution >= 0.6 is 0 Å². The molecular weight excluding hydrogens is 232 g/mol. The number of rotatable bonds is 0. The Morgan fingerprint density at radius 3 is 1.74 bits per heavy atom. The van der Waals surface area contributed by atoms with Crippen LogP contribution in [0.3, 0.4) is 0 Å². The number of nitrogens with zero attached hydrogens (tertiary/aromatic N) is 2. The molecule has 0 radical (unpaired) electrons. The second-order valence-electron chi connectivity index (χ2n) is 4.20. The average Bonchev–Trinajstić information content (AvgIpc) is 2.42. The third kappa shape index (κ3) is 12.8. The number of hydrogen-bond donors (Lipinski definition) is 0. The highest BCUT2D eigenvalue weighted by molar-refractivity contribution is 5.76. The summed E-state index contributed by atoms with van der Waals surface area (Å²) in [6, 6.07) is 7.91. The summed E-state index contributed by atoms with van der Waals surface area (Å²) in [6.45, 7) is 12.8. The third-order valence-electron chi connectivity index (χ3n) is 1.41. The molecule has 2 nitrogen and oxygen atoms in total. The fourth-order valence-electron chi connectivity index (χ4n) is 0.923. The minimum Gasteiger partial charge on any atom is -0.244 e. The first kappa shape index (κ1) is 19.9. The highest BCUT2D eigenvalue weighted by Crippen LogP contribution is 2.06. The molecule has 1 aromatic heterocycles. The number of para-hydroxylation sites is 1. The molecule has 0 N–H and O–H groups in total. The van der Waals surface area contributed by atoms with Gasteiger partial charge in [-0.2, -0.15) is 0 Å². The van der Waals surface area contributed by atoms with Crippen LogP contribution in [0.25, 0.3) is 10.9 Å². The summed E-state index contributed by atoms with van der Waals surface area (Å²) in [5, 5.41) is 1.09. The summed E-state index contributed by atoms with van der Waals surface area (Å²) in [6.07, 6.45) is 7.12. The average molecular weight is 262 g/mol. The first-order valence-electron chi connectivity index (χ1n) is 7.36. The highest BCUT2D eigenvalue weighted by Gasteiger charge is 1.87. The quantitative estimate of drug-likeness (QED) is 0.592. The minimum atomic E-state index is 0.998. The summed E-state index contributed by atoms with van der Waals surface area (Å²) >= 11 is 0. The van der Waals surface area contributed by atoms with Gasteiger partial charge in [0.25, 0.3) is 0 Å². The van der Waals surface area contributed by atoms with E-state index >= 15 is 0 Å². The SMILES string of the molecule is CCC.CCC.CCC.c1ccc2ncncc2c1. The second-order valence-corrected chi connectivity index (χ2v) is 4.20. The van der Waals surface area contributed by atoms with Crippen molar-refractivity contribution in [2.24, 2.45) is 0 Å². The number of aromatic nitrogens is 2. The van der Waals surface area contributed by atoms with Crippen LogP contribution in [0.2, 0.25) is 0 Å². The summed E-state index contributed by atoms with van der Waals surface area (Å²) in [4.78, 5) is 7.97. The standard InChI is InChI=1S/C8H6N2.3C3H8/c1-2-4-8-7(3-1)5-9-6-10-8;3*1-3-2/h1-6H;3*3H2,1-2H3. The topological polar surface area (TPSA) is 25.8 Å². The third-order valence-corrected chi connectivity index (χ3v) is 1.41. The molecule has 1 aromatic carbocycles. The van der Waals surface area contributed by atoms with Gasteiger partial charge < -0.3 is 0 Å². The minimum absolute atomic E-state index is 0.998. The van der Waals surface area contributed by atoms with Crippen molar-refractivity contribution in [2.75, 3.05) is 0 Å². The van der Waals surface area contributed by atoms with Crippen LogP contribution in [-0.2, 0) is 0 Å². The second kappa shape index (κ2) is 16.6. The van der Waals surface area contributed by atoms with Crippen molar-refractivity contribution in [3.63, 3.8) is 0 Å². The number of fused-ring (bicyclic) bond motifs is 1. The molecule has 0 saturated heterocycles. The lowest BCUT2D eigenvalue weighted by molar-refractivity contribution is 1.09. The summed E-state index contributed by atoms with van der Waals surface area (Å²) < 4.78 is 0. The van der Waals surface area contributed by atoms with Gasteiger partial charge in [0.15, 0.2) is 0 Å². The lowest BCUT2D eigenvalue weighted by Gasteiger charge is -1.90. The maximum atomic E-state index is 4.07. The zero-order valence-electron chi connectivity index (χ0n) is 13.5. The van der Waals surface area contributed by atoms with Gasteiger partial charge in [0.05, 0.1) is 5.52 Å². The van der Waals surface area contributed by atoms with Crippen LogP contribution in [0.5, 0.6) is 0 Å². The highest BCUT2D eigenvalue weighted by atomic mass is 14.8. The lowest BCUT2D eigenvalue weighted by Crippen LogP contribution is -1.77. The van der Waals surface area contributed by atoms with E-state index in [2.05, 4.69) is 51.5 Å². The molecule has 0 fully saturated rings. The van der Waals surface area contributed by atoms with Crippen LogP contribution in [0.15, 0.2) is 36.8 Å². The first-order chi connectivity index (χ1) is 9.21. The molecule has 108 valence electrons. The van der Waals surface area contributed by atoms with E-state index in [0.29, 0.717) is 0 Å². The number of benzene rings is 1. The maximum Gasteiger partial charge on any atom is 0.116 e. The van der Waals surface area contributed by atoms with Gasteiger partial charge in [0, 0.05) is 11.6 Å². The van der Waals surface area contributed by atoms with Crippen LogP contribution < -0.4 is 0 Å². The van der Waals surface area contributed by atoms with Crippen molar-refractivity contribution in [1.29, 1.82) is 0 Å². The van der Waals surface area contributed by atoms with E-state index in [1.807, 2.05) is 30.5 Å². The van der Waals surface area contributed by atoms with Crippen molar-refractivity contribution in [3.8, 4) is 0 Å². The van der Waals surface area contributed by atoms with Crippen molar-refractivity contribution < 1.29 is 0 Å². The van der Waals surface area contributed by atoms with E-state index in [-0.39, 0.29) is 0 Å². The van der Waals surface area contributed by atoms with Crippen LogP contribution in [0.4, 0.5) is 0 Å². The van der Waals surface area contributed by atoms with Gasteiger partial charge in [-0.3, -0.25) is 0 Å². The van der Waals surface area contributed by atoms with Gasteiger partial charge in [0.1, 0.15) is 6.33 Å². The van der Waals surface area contributed by atoms with Crippen LogP contribution in [0.1, 0.15) is 60.8 Å². The molecular formula is C17H30N2. The predicted octanol–water partition coefficient (Wildman–Crippen LogP) is 5.88. The van der Waals surface area contributed by atoms with E-state index in [9.17, 15) is 0 Å². The molecule has 0 amide bonds. The molecule has 0 spiro atoms. The van der Waals surface area contributed by atoms with E-state index < -0.39 is 0 Å². The van der Waals surface area contributed by atoms with Crippen molar-refractivity contribution in [1.82, 2.24) is 9.97 Å². The molecule has 1 heterocycles. The molecule has 0 aliphatic heterocycles. The number of hydrogen-bond acceptors (Lipinski definition) is 2. The van der Waals surface area contributed by atoms with Crippen molar-refractivity contribution in [2.45, 2.75) is 60.8 Å². The Morgan fingerprint density at radius 2 is 1.26 bits per heavy atom. The van der Waals surface area contributed by atoms with Gasteiger partial charge in [-0.25, -0.2) is 9.97 Å². The van der Waals surface area contributed by atoms with E-state index in [4.69, 9.17) is 0 Å². The zero-order chi connectivity index (χ0) is 14.9. The molecule has 0 aliphatic rings. The molecule has 0 atom stereocenters. The van der Waals surface area contributed by atoms with Gasteiger partial charge in [-0.15, -0.1) is 0 Å². The monoisotopic (exact) mass is 262 g/mol. The van der Waals surface area contributed by atoms with Gasteiger partial charge >= 0.3 is 0 Å². The van der Waals surface area contributed by atoms with Crippen LogP contribution in [0, 0.1) is 0 Å². The summed E-state index contributed by atoms with van der Waals surface area (Å²) in [7, 11) is 0. The fourth-order valence-corrected chi connectivity index (χ4v) is 0.923. The van der Waals surface area contributed by atoms with E-state index in [1.165, 1.54) is 19.3 Å². The maximum absolute atomic E-state index is 4.07. The largest absolute Gasteiger partial charge is 0.244 e. The Morgan fingerprint density at radius 1 is 0.789 bits per heavy atom. The summed E-state index contributed by atoms with van der Waals surface area (Å²) in [5.41, 5.74) is 0.998. The van der Waals surface area contributed by atoms with Crippen LogP contribution in [-0.4, -0.2) is 9.97 Å². The first-order valence-corrected chi connectivity index (χ1v) is 7.36. The molecule has 19 heavy (non-hydrogen) atoms. The Bertz CT molecular complexity index is 315. The molecule has 0 bridgehead atoms. The molecule has 2 heteroatoms. The Labute approximate surface area is 119 Å². The Hall–Kier alpha value is -1.44.